The molecular formula is C32H30Cl2F2N4O5. The Morgan fingerprint density at radius 3 is 2.40 bits per heavy atom. The Balaban J connectivity index is 1.58. The van der Waals surface area contributed by atoms with Crippen LogP contribution in [0.25, 0.3) is 22.2 Å². The van der Waals surface area contributed by atoms with Gasteiger partial charge in [0.25, 0.3) is 5.91 Å². The van der Waals surface area contributed by atoms with Gasteiger partial charge in [0, 0.05) is 21.5 Å². The molecule has 5 rings (SSSR count). The number of aryl methyl sites for hydroxylation is 1. The molecule has 4 aromatic rings. The number of ether oxygens (including phenoxy) is 2. The Morgan fingerprint density at radius 2 is 1.80 bits per heavy atom. The maximum Gasteiger partial charge on any atom is 0.251 e. The number of hydrogen-bond donors (Lipinski definition) is 3. The third-order valence-corrected chi connectivity index (χ3v) is 8.26. The van der Waals surface area contributed by atoms with Crippen LogP contribution in [-0.4, -0.2) is 47.2 Å². The molecule has 4 N–H and O–H groups in total. The molecule has 236 valence electrons. The smallest absolute Gasteiger partial charge is 0.251 e. The topological polar surface area (TPSA) is 137 Å². The summed E-state index contributed by atoms with van der Waals surface area (Å²) in [5.41, 5.74) is 4.40. The van der Waals surface area contributed by atoms with Crippen molar-refractivity contribution in [1.29, 1.82) is 0 Å². The lowest BCUT2D eigenvalue weighted by atomic mass is 9.90. The number of amides is 2. The number of nitrogens with one attached hydrogen (secondary N) is 1. The summed E-state index contributed by atoms with van der Waals surface area (Å²) >= 11 is 12.1. The number of hydrogen-bond acceptors (Lipinski definition) is 7. The largest absolute Gasteiger partial charge is 0.494 e. The number of pyridine rings is 2. The van der Waals surface area contributed by atoms with Crippen LogP contribution in [0.5, 0.6) is 11.5 Å². The van der Waals surface area contributed by atoms with E-state index in [0.29, 0.717) is 40.2 Å². The molecular weight excluding hydrogens is 629 g/mol. The van der Waals surface area contributed by atoms with Crippen LogP contribution < -0.4 is 20.5 Å². The number of aliphatic hydroxyl groups is 1. The van der Waals surface area contributed by atoms with Crippen LogP contribution in [-0.2, 0) is 16.8 Å². The maximum atomic E-state index is 15.2. The number of primary amides is 1. The molecule has 2 amide bonds. The SMILES string of the molecule is CCOc1c(CC(N)=O)cc([C@@](O)(CNC(=O)c2cc(OC)c3nc(C)c(Cl)cc3c2)C2CC2)nc1-c1c(F)cc(Cl)cc1F. The van der Waals surface area contributed by atoms with E-state index in [-0.39, 0.29) is 58.8 Å². The number of nitrogens with two attached hydrogens (primary N) is 1. The van der Waals surface area contributed by atoms with Gasteiger partial charge in [0.05, 0.1) is 48.7 Å². The third kappa shape index (κ3) is 6.51. The first-order valence-corrected chi connectivity index (χ1v) is 14.9. The highest BCUT2D eigenvalue weighted by atomic mass is 35.5. The van der Waals surface area contributed by atoms with Gasteiger partial charge in [-0.15, -0.1) is 0 Å². The molecule has 0 radical (unpaired) electrons. The highest BCUT2D eigenvalue weighted by molar-refractivity contribution is 6.32. The van der Waals surface area contributed by atoms with Crippen LogP contribution in [0.2, 0.25) is 10.0 Å². The summed E-state index contributed by atoms with van der Waals surface area (Å²) in [6.07, 6.45) is 0.826. The summed E-state index contributed by atoms with van der Waals surface area (Å²) in [6, 6.07) is 8.08. The molecule has 45 heavy (non-hydrogen) atoms. The minimum absolute atomic E-state index is 0.0173. The predicted octanol–water partition coefficient (Wildman–Crippen LogP) is 5.65. The second kappa shape index (κ2) is 12.7. The lowest BCUT2D eigenvalue weighted by molar-refractivity contribution is -0.117. The minimum Gasteiger partial charge on any atom is -0.494 e. The van der Waals surface area contributed by atoms with Crippen molar-refractivity contribution < 1.29 is 33.0 Å². The first kappa shape index (κ1) is 32.3. The number of carbonyl (C=O) groups excluding carboxylic acids is 2. The van der Waals surface area contributed by atoms with Crippen LogP contribution in [0.3, 0.4) is 0 Å². The number of halogens is 4. The zero-order valence-corrected chi connectivity index (χ0v) is 26.2. The average molecular weight is 660 g/mol. The first-order valence-electron chi connectivity index (χ1n) is 14.1. The van der Waals surface area contributed by atoms with Gasteiger partial charge in [-0.2, -0.15) is 0 Å². The minimum atomic E-state index is -1.79. The number of carbonyl (C=O) groups is 2. The number of methoxy groups -OCH3 is 1. The van der Waals surface area contributed by atoms with Crippen LogP contribution in [0, 0.1) is 24.5 Å². The van der Waals surface area contributed by atoms with E-state index in [1.54, 1.807) is 26.0 Å². The fraction of sp³-hybridized carbons (Fsp3) is 0.312. The summed E-state index contributed by atoms with van der Waals surface area (Å²) in [7, 11) is 1.46. The fourth-order valence-electron chi connectivity index (χ4n) is 5.30. The summed E-state index contributed by atoms with van der Waals surface area (Å²) in [4.78, 5) is 34.5. The molecule has 0 bridgehead atoms. The first-order chi connectivity index (χ1) is 21.4. The van der Waals surface area contributed by atoms with Gasteiger partial charge < -0.3 is 25.6 Å². The van der Waals surface area contributed by atoms with E-state index >= 15 is 8.78 Å². The Hall–Kier alpha value is -4.06. The third-order valence-electron chi connectivity index (χ3n) is 7.66. The second-order valence-corrected chi connectivity index (χ2v) is 11.7. The molecule has 1 atom stereocenters. The molecule has 0 spiro atoms. The lowest BCUT2D eigenvalue weighted by Gasteiger charge is -2.30. The molecule has 1 aliphatic rings. The molecule has 2 aromatic heterocycles. The Morgan fingerprint density at radius 1 is 1.11 bits per heavy atom. The highest BCUT2D eigenvalue weighted by Crippen LogP contribution is 2.47. The Bertz CT molecular complexity index is 1810. The number of fused-ring (bicyclic) bond motifs is 1. The molecule has 9 nitrogen and oxygen atoms in total. The van der Waals surface area contributed by atoms with Gasteiger partial charge in [0.15, 0.2) is 0 Å². The molecule has 1 fully saturated rings. The maximum absolute atomic E-state index is 15.2. The van der Waals surface area contributed by atoms with Gasteiger partial charge in [0.1, 0.15) is 39.9 Å². The quantitative estimate of drug-likeness (QED) is 0.189. The predicted molar refractivity (Wildman–Crippen MR) is 166 cm³/mol. The number of benzene rings is 2. The summed E-state index contributed by atoms with van der Waals surface area (Å²) in [5.74, 6) is -3.37. The standard InChI is InChI=1S/C32H30Cl2F2N4O5/c1-4-45-30-17(11-26(37)41)10-25(40-29(30)27-22(35)12-20(33)13-23(27)36)32(43,19-5-6-19)14-38-31(42)18-7-16-8-21(34)15(2)39-28(16)24(9-18)44-3/h7-10,12-13,19,43H,4-6,11,14H2,1-3H3,(H2,37,41)(H,38,42)/t32-/m1/s1. The summed E-state index contributed by atoms with van der Waals surface area (Å²) < 4.78 is 41.6. The van der Waals surface area contributed by atoms with Crippen molar-refractivity contribution in [3.05, 3.63) is 80.6 Å². The Labute approximate surface area is 267 Å². The zero-order valence-electron chi connectivity index (χ0n) is 24.6. The number of aromatic nitrogens is 2. The molecule has 0 unspecified atom stereocenters. The molecule has 0 saturated heterocycles. The van der Waals surface area contributed by atoms with E-state index in [9.17, 15) is 14.7 Å². The van der Waals surface area contributed by atoms with Crippen LogP contribution in [0.15, 0.2) is 36.4 Å². The lowest BCUT2D eigenvalue weighted by Crippen LogP contribution is -2.43. The van der Waals surface area contributed by atoms with Gasteiger partial charge >= 0.3 is 0 Å². The highest BCUT2D eigenvalue weighted by Gasteiger charge is 2.47. The van der Waals surface area contributed by atoms with Crippen molar-refractivity contribution in [2.75, 3.05) is 20.3 Å². The van der Waals surface area contributed by atoms with Gasteiger partial charge in [-0.1, -0.05) is 23.2 Å². The van der Waals surface area contributed by atoms with Crippen LogP contribution >= 0.6 is 23.2 Å². The van der Waals surface area contributed by atoms with Crippen molar-refractivity contribution in [3.8, 4) is 22.8 Å². The van der Waals surface area contributed by atoms with E-state index in [1.807, 2.05) is 0 Å². The van der Waals surface area contributed by atoms with E-state index in [4.69, 9.17) is 38.4 Å². The van der Waals surface area contributed by atoms with Gasteiger partial charge in [-0.3, -0.25) is 9.59 Å². The summed E-state index contributed by atoms with van der Waals surface area (Å²) in [6.45, 7) is 3.18. The van der Waals surface area contributed by atoms with Crippen molar-refractivity contribution in [1.82, 2.24) is 15.3 Å². The van der Waals surface area contributed by atoms with Gasteiger partial charge in [-0.25, -0.2) is 18.7 Å². The normalized spacial score (nSPS) is 14.2. The van der Waals surface area contributed by atoms with Crippen molar-refractivity contribution >= 4 is 45.9 Å². The molecule has 2 aromatic carbocycles. The van der Waals surface area contributed by atoms with Crippen LogP contribution in [0.4, 0.5) is 8.78 Å². The number of nitrogens with zero attached hydrogens (tertiary/aromatic N) is 2. The molecule has 1 aliphatic carbocycles. The van der Waals surface area contributed by atoms with Crippen molar-refractivity contribution in [2.24, 2.45) is 11.7 Å². The van der Waals surface area contributed by atoms with Crippen molar-refractivity contribution in [2.45, 2.75) is 38.7 Å². The second-order valence-electron chi connectivity index (χ2n) is 10.9. The molecule has 13 heteroatoms. The van der Waals surface area contributed by atoms with E-state index in [2.05, 4.69) is 15.3 Å². The molecule has 0 aliphatic heterocycles. The van der Waals surface area contributed by atoms with Gasteiger partial charge in [0.2, 0.25) is 5.91 Å². The van der Waals surface area contributed by atoms with E-state index < -0.39 is 34.6 Å². The molecule has 1 saturated carbocycles. The summed E-state index contributed by atoms with van der Waals surface area (Å²) in [5, 5.41) is 15.7. The number of rotatable bonds is 11. The van der Waals surface area contributed by atoms with Crippen LogP contribution in [0.1, 0.15) is 47.1 Å². The zero-order chi connectivity index (χ0) is 32.6. The van der Waals surface area contributed by atoms with Crippen molar-refractivity contribution in [3.63, 3.8) is 0 Å². The Kier molecular flexibility index (Phi) is 9.16. The van der Waals surface area contributed by atoms with E-state index in [0.717, 1.165) is 12.1 Å². The average Bonchev–Trinajstić information content (AvgIpc) is 3.83. The van der Waals surface area contributed by atoms with E-state index in [1.165, 1.54) is 19.2 Å². The monoisotopic (exact) mass is 658 g/mol. The molecule has 2 heterocycles. The van der Waals surface area contributed by atoms with Gasteiger partial charge in [-0.05, 0) is 69.0 Å². The fourth-order valence-corrected chi connectivity index (χ4v) is 5.65.